The maximum absolute atomic E-state index is 12.6. The number of carbonyl (C=O) groups excluding carboxylic acids is 1. The van der Waals surface area contributed by atoms with Crippen LogP contribution in [0, 0.1) is 5.92 Å². The van der Waals surface area contributed by atoms with E-state index in [4.69, 9.17) is 0 Å². The van der Waals surface area contributed by atoms with Crippen molar-refractivity contribution in [2.45, 2.75) is 52.2 Å². The standard InChI is InChI=1S/C19H28N4O2/c1-13(2)16(17-20-12-21-23(17)5)22-18(24)15-8-6-14(7-9-15)10-11-19(3,4)25/h6-9,12-13,16,25H,10-11H2,1-5H3,(H,22,24). The molecule has 1 aromatic heterocycles. The van der Waals surface area contributed by atoms with Crippen LogP contribution in [-0.2, 0) is 13.5 Å². The Balaban J connectivity index is 2.05. The van der Waals surface area contributed by atoms with E-state index in [0.29, 0.717) is 12.0 Å². The number of hydrogen-bond donors (Lipinski definition) is 2. The van der Waals surface area contributed by atoms with Crippen molar-refractivity contribution in [2.24, 2.45) is 13.0 Å². The lowest BCUT2D eigenvalue weighted by molar-refractivity contribution is 0.0713. The maximum atomic E-state index is 12.6. The average Bonchev–Trinajstić information content (AvgIpc) is 2.95. The van der Waals surface area contributed by atoms with Crippen LogP contribution in [0.5, 0.6) is 0 Å². The van der Waals surface area contributed by atoms with Gasteiger partial charge in [0.2, 0.25) is 0 Å². The smallest absolute Gasteiger partial charge is 0.251 e. The molecule has 6 nitrogen and oxygen atoms in total. The van der Waals surface area contributed by atoms with Gasteiger partial charge >= 0.3 is 0 Å². The molecule has 1 aromatic carbocycles. The lowest BCUT2D eigenvalue weighted by Gasteiger charge is -2.21. The molecule has 0 radical (unpaired) electrons. The molecule has 0 aliphatic rings. The molecule has 6 heteroatoms. The summed E-state index contributed by atoms with van der Waals surface area (Å²) in [5, 5.41) is 16.9. The van der Waals surface area contributed by atoms with Crippen LogP contribution in [-0.4, -0.2) is 31.4 Å². The Labute approximate surface area is 149 Å². The van der Waals surface area contributed by atoms with Crippen LogP contribution < -0.4 is 5.32 Å². The third-order valence-electron chi connectivity index (χ3n) is 4.22. The largest absolute Gasteiger partial charge is 0.390 e. The van der Waals surface area contributed by atoms with Crippen molar-refractivity contribution >= 4 is 5.91 Å². The molecule has 1 heterocycles. The molecule has 0 saturated carbocycles. The lowest BCUT2D eigenvalue weighted by atomic mass is 9.98. The van der Waals surface area contributed by atoms with Gasteiger partial charge in [-0.3, -0.25) is 9.48 Å². The third-order valence-corrected chi connectivity index (χ3v) is 4.22. The lowest BCUT2D eigenvalue weighted by Crippen LogP contribution is -2.33. The predicted molar refractivity (Wildman–Crippen MR) is 97.1 cm³/mol. The molecule has 1 amide bonds. The highest BCUT2D eigenvalue weighted by molar-refractivity contribution is 5.94. The number of nitrogens with zero attached hydrogens (tertiary/aromatic N) is 3. The first-order chi connectivity index (χ1) is 11.7. The molecule has 0 bridgehead atoms. The van der Waals surface area contributed by atoms with Gasteiger partial charge in [0, 0.05) is 12.6 Å². The highest BCUT2D eigenvalue weighted by Gasteiger charge is 2.23. The molecule has 0 aliphatic heterocycles. The molecule has 2 rings (SSSR count). The van der Waals surface area contributed by atoms with Crippen LogP contribution in [0.15, 0.2) is 30.6 Å². The van der Waals surface area contributed by atoms with Crippen molar-refractivity contribution in [1.82, 2.24) is 20.1 Å². The summed E-state index contributed by atoms with van der Waals surface area (Å²) in [5.41, 5.74) is 1.03. The first-order valence-corrected chi connectivity index (χ1v) is 8.63. The molecular weight excluding hydrogens is 316 g/mol. The molecule has 2 N–H and O–H groups in total. The second-order valence-electron chi connectivity index (χ2n) is 7.45. The molecule has 0 fully saturated rings. The third kappa shape index (κ3) is 5.39. The summed E-state index contributed by atoms with van der Waals surface area (Å²) >= 11 is 0. The first-order valence-electron chi connectivity index (χ1n) is 8.63. The topological polar surface area (TPSA) is 80.0 Å². The van der Waals surface area contributed by atoms with E-state index in [1.165, 1.54) is 6.33 Å². The fourth-order valence-electron chi connectivity index (χ4n) is 2.61. The zero-order chi connectivity index (χ0) is 18.6. The van der Waals surface area contributed by atoms with Crippen molar-refractivity contribution in [3.8, 4) is 0 Å². The van der Waals surface area contributed by atoms with Crippen LogP contribution in [0.25, 0.3) is 0 Å². The van der Waals surface area contributed by atoms with E-state index in [0.717, 1.165) is 17.8 Å². The normalized spacial score (nSPS) is 13.1. The number of nitrogens with one attached hydrogen (secondary N) is 1. The van der Waals surface area contributed by atoms with Crippen molar-refractivity contribution in [1.29, 1.82) is 0 Å². The van der Waals surface area contributed by atoms with E-state index in [-0.39, 0.29) is 17.9 Å². The van der Waals surface area contributed by atoms with Crippen LogP contribution in [0.4, 0.5) is 0 Å². The average molecular weight is 344 g/mol. The Kier molecular flexibility index (Phi) is 5.95. The Morgan fingerprint density at radius 1 is 1.28 bits per heavy atom. The van der Waals surface area contributed by atoms with Crippen LogP contribution in [0.2, 0.25) is 0 Å². The number of aliphatic hydroxyl groups is 1. The van der Waals surface area contributed by atoms with Gasteiger partial charge in [-0.1, -0.05) is 26.0 Å². The maximum Gasteiger partial charge on any atom is 0.251 e. The van der Waals surface area contributed by atoms with Crippen LogP contribution in [0.1, 0.15) is 61.9 Å². The second kappa shape index (κ2) is 7.78. The van der Waals surface area contributed by atoms with Crippen LogP contribution >= 0.6 is 0 Å². The van der Waals surface area contributed by atoms with E-state index in [9.17, 15) is 9.90 Å². The van der Waals surface area contributed by atoms with Gasteiger partial charge in [-0.15, -0.1) is 0 Å². The molecule has 1 unspecified atom stereocenters. The predicted octanol–water partition coefficient (Wildman–Crippen LogP) is 2.65. The van der Waals surface area contributed by atoms with Crippen molar-refractivity contribution in [2.75, 3.05) is 0 Å². The van der Waals surface area contributed by atoms with Gasteiger partial charge in [0.15, 0.2) is 0 Å². The summed E-state index contributed by atoms with van der Waals surface area (Å²) in [6, 6.07) is 7.32. The number of carbonyl (C=O) groups is 1. The minimum absolute atomic E-state index is 0.129. The van der Waals surface area contributed by atoms with E-state index < -0.39 is 5.60 Å². The summed E-state index contributed by atoms with van der Waals surface area (Å²) in [6.07, 6.45) is 2.95. The number of rotatable bonds is 7. The Morgan fingerprint density at radius 2 is 1.92 bits per heavy atom. The van der Waals surface area contributed by atoms with Gasteiger partial charge in [-0.05, 0) is 50.3 Å². The number of hydrogen-bond acceptors (Lipinski definition) is 4. The van der Waals surface area contributed by atoms with Gasteiger partial charge in [-0.2, -0.15) is 5.10 Å². The molecule has 1 atom stereocenters. The quantitative estimate of drug-likeness (QED) is 0.809. The Hall–Kier alpha value is -2.21. The fraction of sp³-hybridized carbons (Fsp3) is 0.526. The highest BCUT2D eigenvalue weighted by atomic mass is 16.3. The highest BCUT2D eigenvalue weighted by Crippen LogP contribution is 2.20. The van der Waals surface area contributed by atoms with Crippen LogP contribution in [0.3, 0.4) is 0 Å². The first kappa shape index (κ1) is 19.1. The van der Waals surface area contributed by atoms with Crippen molar-refractivity contribution in [3.05, 3.63) is 47.5 Å². The molecule has 0 aliphatic carbocycles. The molecule has 0 spiro atoms. The van der Waals surface area contributed by atoms with Crippen molar-refractivity contribution < 1.29 is 9.90 Å². The van der Waals surface area contributed by atoms with Gasteiger partial charge in [0.1, 0.15) is 12.2 Å². The fourth-order valence-corrected chi connectivity index (χ4v) is 2.61. The van der Waals surface area contributed by atoms with E-state index >= 15 is 0 Å². The van der Waals surface area contributed by atoms with Gasteiger partial charge in [-0.25, -0.2) is 4.98 Å². The Morgan fingerprint density at radius 3 is 2.40 bits per heavy atom. The molecule has 0 saturated heterocycles. The molecule has 25 heavy (non-hydrogen) atoms. The van der Waals surface area contributed by atoms with Gasteiger partial charge < -0.3 is 10.4 Å². The Bertz CT molecular complexity index is 699. The second-order valence-corrected chi connectivity index (χ2v) is 7.45. The minimum Gasteiger partial charge on any atom is -0.390 e. The van der Waals surface area contributed by atoms with E-state index in [2.05, 4.69) is 15.4 Å². The summed E-state index contributed by atoms with van der Waals surface area (Å²) in [6.45, 7) is 7.68. The summed E-state index contributed by atoms with van der Waals surface area (Å²) in [4.78, 5) is 16.8. The van der Waals surface area contributed by atoms with Gasteiger partial charge in [0.25, 0.3) is 5.91 Å². The molecule has 2 aromatic rings. The number of amides is 1. The minimum atomic E-state index is -0.684. The zero-order valence-corrected chi connectivity index (χ0v) is 15.7. The number of aromatic nitrogens is 3. The SMILES string of the molecule is CC(C)C(NC(=O)c1ccc(CCC(C)(C)O)cc1)c1ncnn1C. The number of aryl methyl sites for hydroxylation is 2. The summed E-state index contributed by atoms with van der Waals surface area (Å²) < 4.78 is 1.69. The molecular formula is C19H28N4O2. The zero-order valence-electron chi connectivity index (χ0n) is 15.7. The number of benzene rings is 1. The van der Waals surface area contributed by atoms with Crippen molar-refractivity contribution in [3.63, 3.8) is 0 Å². The van der Waals surface area contributed by atoms with Gasteiger partial charge in [0.05, 0.1) is 11.6 Å². The molecule has 136 valence electrons. The monoisotopic (exact) mass is 344 g/mol. The summed E-state index contributed by atoms with van der Waals surface area (Å²) in [5.74, 6) is 0.804. The summed E-state index contributed by atoms with van der Waals surface area (Å²) in [7, 11) is 1.82. The van der Waals surface area contributed by atoms with E-state index in [1.54, 1.807) is 18.5 Å². The van der Waals surface area contributed by atoms with E-state index in [1.807, 2.05) is 45.2 Å².